The van der Waals surface area contributed by atoms with Gasteiger partial charge in [-0.3, -0.25) is 9.69 Å². The van der Waals surface area contributed by atoms with Crippen molar-refractivity contribution in [3.8, 4) is 5.75 Å². The fourth-order valence-electron chi connectivity index (χ4n) is 5.70. The van der Waals surface area contributed by atoms with Crippen LogP contribution in [0.4, 0.5) is 0 Å². The van der Waals surface area contributed by atoms with Gasteiger partial charge in [0.1, 0.15) is 12.4 Å². The van der Waals surface area contributed by atoms with E-state index in [-0.39, 0.29) is 18.1 Å². The molecule has 3 aliphatic rings. The van der Waals surface area contributed by atoms with Gasteiger partial charge in [-0.15, -0.1) is 0 Å². The maximum atomic E-state index is 12.9. The van der Waals surface area contributed by atoms with Crippen LogP contribution in [0.5, 0.6) is 5.75 Å². The minimum Gasteiger partial charge on any atom is -0.491 e. The number of fused-ring (bicyclic) bond motifs is 1. The van der Waals surface area contributed by atoms with Gasteiger partial charge < -0.3 is 14.8 Å². The third-order valence-corrected chi connectivity index (χ3v) is 7.77. The molecule has 2 aromatic rings. The molecule has 2 aliphatic heterocycles. The van der Waals surface area contributed by atoms with Gasteiger partial charge in [-0.2, -0.15) is 0 Å². The smallest absolute Gasteiger partial charge is 0.251 e. The van der Waals surface area contributed by atoms with Crippen LogP contribution in [-0.4, -0.2) is 49.3 Å². The number of carbonyl (C=O) groups is 1. The van der Waals surface area contributed by atoms with Gasteiger partial charge in [0, 0.05) is 24.8 Å². The van der Waals surface area contributed by atoms with E-state index in [0.717, 1.165) is 51.0 Å². The van der Waals surface area contributed by atoms with Gasteiger partial charge in [0.25, 0.3) is 5.91 Å². The van der Waals surface area contributed by atoms with E-state index in [1.54, 1.807) is 0 Å². The summed E-state index contributed by atoms with van der Waals surface area (Å²) in [5.74, 6) is 0.785. The van der Waals surface area contributed by atoms with E-state index < -0.39 is 0 Å². The van der Waals surface area contributed by atoms with Crippen molar-refractivity contribution in [1.29, 1.82) is 0 Å². The second kappa shape index (κ2) is 12.0. The number of ether oxygens (including phenoxy) is 2. The zero-order chi connectivity index (χ0) is 23.9. The molecule has 1 amide bonds. The molecule has 188 valence electrons. The Labute approximate surface area is 210 Å². The Morgan fingerprint density at radius 2 is 1.74 bits per heavy atom. The van der Waals surface area contributed by atoms with E-state index in [0.29, 0.717) is 12.2 Å². The molecular weight excluding hydrogens is 436 g/mol. The Bertz CT molecular complexity index is 960. The molecule has 2 fully saturated rings. The molecule has 35 heavy (non-hydrogen) atoms. The maximum Gasteiger partial charge on any atom is 0.251 e. The quantitative estimate of drug-likeness (QED) is 0.589. The third-order valence-electron chi connectivity index (χ3n) is 7.77. The Balaban J connectivity index is 1.11. The number of benzene rings is 2. The molecule has 0 bridgehead atoms. The Kier molecular flexibility index (Phi) is 8.37. The standard InChI is InChI=1S/C30H40N2O3/c33-30(24-11-14-28(15-12-24)35-22-29-7-6-18-34-29)31-27-13-10-25-19-23(8-9-26(25)20-27)21-32-16-4-2-1-3-5-17-32/h8-9,11-12,14-15,19,27,29H,1-7,10,13,16-18,20-22H2,(H,31,33)/t27-,29-/m0/s1. The summed E-state index contributed by atoms with van der Waals surface area (Å²) in [5.41, 5.74) is 4.97. The SMILES string of the molecule is O=C(N[C@H]1CCc2cc(CN3CCCCCCC3)ccc2C1)c1ccc(OC[C@@H]2CCCO2)cc1. The number of nitrogens with one attached hydrogen (secondary N) is 1. The number of aryl methyl sites for hydroxylation is 1. The highest BCUT2D eigenvalue weighted by Crippen LogP contribution is 2.25. The second-order valence-corrected chi connectivity index (χ2v) is 10.5. The first-order valence-corrected chi connectivity index (χ1v) is 13.7. The second-order valence-electron chi connectivity index (χ2n) is 10.5. The van der Waals surface area contributed by atoms with Crippen molar-refractivity contribution in [3.63, 3.8) is 0 Å². The van der Waals surface area contributed by atoms with Gasteiger partial charge >= 0.3 is 0 Å². The van der Waals surface area contributed by atoms with Crippen molar-refractivity contribution < 1.29 is 14.3 Å². The van der Waals surface area contributed by atoms with Crippen molar-refractivity contribution in [3.05, 3.63) is 64.7 Å². The van der Waals surface area contributed by atoms with Crippen LogP contribution in [0.15, 0.2) is 42.5 Å². The minimum atomic E-state index is -0.00201. The lowest BCUT2D eigenvalue weighted by molar-refractivity contribution is 0.0679. The number of hydrogen-bond acceptors (Lipinski definition) is 4. The monoisotopic (exact) mass is 476 g/mol. The van der Waals surface area contributed by atoms with E-state index in [4.69, 9.17) is 9.47 Å². The molecule has 5 nitrogen and oxygen atoms in total. The molecular formula is C30H40N2O3. The van der Waals surface area contributed by atoms with Crippen molar-refractivity contribution in [2.24, 2.45) is 0 Å². The van der Waals surface area contributed by atoms with Gasteiger partial charge in [0.15, 0.2) is 0 Å². The lowest BCUT2D eigenvalue weighted by Gasteiger charge is -2.28. The first-order chi connectivity index (χ1) is 17.2. The molecule has 5 heteroatoms. The molecule has 5 rings (SSSR count). The molecule has 0 aromatic heterocycles. The van der Waals surface area contributed by atoms with E-state index in [2.05, 4.69) is 28.4 Å². The van der Waals surface area contributed by atoms with E-state index in [9.17, 15) is 4.79 Å². The third kappa shape index (κ3) is 6.86. The van der Waals surface area contributed by atoms with Crippen LogP contribution >= 0.6 is 0 Å². The summed E-state index contributed by atoms with van der Waals surface area (Å²) < 4.78 is 11.4. The zero-order valence-electron chi connectivity index (χ0n) is 21.0. The van der Waals surface area contributed by atoms with E-state index in [1.807, 2.05) is 24.3 Å². The van der Waals surface area contributed by atoms with Crippen LogP contribution in [0.2, 0.25) is 0 Å². The topological polar surface area (TPSA) is 50.8 Å². The number of rotatable bonds is 7. The average Bonchev–Trinajstić information content (AvgIpc) is 3.38. The average molecular weight is 477 g/mol. The Hall–Kier alpha value is -2.37. The highest BCUT2D eigenvalue weighted by molar-refractivity contribution is 5.94. The Morgan fingerprint density at radius 1 is 0.943 bits per heavy atom. The molecule has 0 radical (unpaired) electrons. The number of carbonyl (C=O) groups excluding carboxylic acids is 1. The van der Waals surface area contributed by atoms with Gasteiger partial charge in [0.05, 0.1) is 6.10 Å². The molecule has 1 N–H and O–H groups in total. The summed E-state index contributed by atoms with van der Waals surface area (Å²) in [6.07, 6.45) is 12.1. The summed E-state index contributed by atoms with van der Waals surface area (Å²) in [6.45, 7) is 4.94. The molecule has 2 saturated heterocycles. The van der Waals surface area contributed by atoms with E-state index >= 15 is 0 Å². The van der Waals surface area contributed by atoms with Gasteiger partial charge in [-0.1, -0.05) is 37.5 Å². The predicted octanol–water partition coefficient (Wildman–Crippen LogP) is 5.30. The van der Waals surface area contributed by atoms with Gasteiger partial charge in [-0.05, 0) is 99.0 Å². The van der Waals surface area contributed by atoms with Crippen LogP contribution in [0.1, 0.15) is 78.4 Å². The summed E-state index contributed by atoms with van der Waals surface area (Å²) >= 11 is 0. The van der Waals surface area contributed by atoms with Crippen molar-refractivity contribution in [1.82, 2.24) is 10.2 Å². The lowest BCUT2D eigenvalue weighted by Crippen LogP contribution is -2.38. The largest absolute Gasteiger partial charge is 0.491 e. The predicted molar refractivity (Wildman–Crippen MR) is 139 cm³/mol. The summed E-state index contributed by atoms with van der Waals surface area (Å²) in [6, 6.07) is 14.7. The molecule has 0 saturated carbocycles. The van der Waals surface area contributed by atoms with Gasteiger partial charge in [0.2, 0.25) is 0 Å². The maximum absolute atomic E-state index is 12.9. The van der Waals surface area contributed by atoms with Crippen molar-refractivity contribution in [2.45, 2.75) is 82.9 Å². The molecule has 0 spiro atoms. The summed E-state index contributed by atoms with van der Waals surface area (Å²) in [7, 11) is 0. The van der Waals surface area contributed by atoms with Crippen LogP contribution in [0.3, 0.4) is 0 Å². The number of amides is 1. The number of likely N-dealkylation sites (tertiary alicyclic amines) is 1. The zero-order valence-corrected chi connectivity index (χ0v) is 21.0. The van der Waals surface area contributed by atoms with Crippen molar-refractivity contribution >= 4 is 5.91 Å². The molecule has 2 atom stereocenters. The van der Waals surface area contributed by atoms with E-state index in [1.165, 1.54) is 61.9 Å². The van der Waals surface area contributed by atoms with Crippen LogP contribution in [0, 0.1) is 0 Å². The highest BCUT2D eigenvalue weighted by atomic mass is 16.5. The normalized spacial score (nSPS) is 23.2. The highest BCUT2D eigenvalue weighted by Gasteiger charge is 2.22. The number of hydrogen-bond donors (Lipinski definition) is 1. The van der Waals surface area contributed by atoms with Crippen LogP contribution in [0.25, 0.3) is 0 Å². The molecule has 2 aromatic carbocycles. The lowest BCUT2D eigenvalue weighted by atomic mass is 9.87. The Morgan fingerprint density at radius 3 is 2.51 bits per heavy atom. The fraction of sp³-hybridized carbons (Fsp3) is 0.567. The first kappa shape index (κ1) is 24.3. The number of nitrogens with zero attached hydrogens (tertiary/aromatic N) is 1. The fourth-order valence-corrected chi connectivity index (χ4v) is 5.70. The first-order valence-electron chi connectivity index (χ1n) is 13.7. The van der Waals surface area contributed by atoms with Crippen LogP contribution in [-0.2, 0) is 24.1 Å². The summed E-state index contributed by atoms with van der Waals surface area (Å²) in [4.78, 5) is 15.5. The molecule has 0 unspecified atom stereocenters. The van der Waals surface area contributed by atoms with Crippen molar-refractivity contribution in [2.75, 3.05) is 26.3 Å². The molecule has 1 aliphatic carbocycles. The summed E-state index contributed by atoms with van der Waals surface area (Å²) in [5, 5.41) is 3.26. The van der Waals surface area contributed by atoms with Gasteiger partial charge in [-0.25, -0.2) is 0 Å². The van der Waals surface area contributed by atoms with Crippen LogP contribution < -0.4 is 10.1 Å². The minimum absolute atomic E-state index is 0.00201. The molecule has 2 heterocycles.